The molecule has 1 amide bonds. The number of terminal acetylenes is 1. The number of nitrogens with one attached hydrogen (secondary N) is 1. The molecule has 1 aromatic carbocycles. The molecule has 88 valence electrons. The predicted molar refractivity (Wildman–Crippen MR) is 71.6 cm³/mol. The first kappa shape index (κ1) is 13.4. The summed E-state index contributed by atoms with van der Waals surface area (Å²) in [5.74, 6) is 2.04. The van der Waals surface area contributed by atoms with Crippen LogP contribution in [-0.4, -0.2) is 17.4 Å². The second kappa shape index (κ2) is 6.20. The Bertz CT molecular complexity index is 494. The second-order valence-electron chi connectivity index (χ2n) is 3.13. The number of halogens is 1. The maximum atomic E-state index is 11.7. The molecule has 1 aromatic rings. The van der Waals surface area contributed by atoms with Crippen molar-refractivity contribution in [3.05, 3.63) is 37.4 Å². The third-order valence-corrected chi connectivity index (χ3v) is 2.90. The molecular weight excluding hydrogens is 335 g/mol. The van der Waals surface area contributed by atoms with E-state index < -0.39 is 4.92 Å². The van der Waals surface area contributed by atoms with Crippen LogP contribution < -0.4 is 5.32 Å². The zero-order valence-electron chi connectivity index (χ0n) is 8.77. The highest BCUT2D eigenvalue weighted by atomic mass is 127. The van der Waals surface area contributed by atoms with Gasteiger partial charge in [0.2, 0.25) is 0 Å². The minimum absolute atomic E-state index is 0.104. The van der Waals surface area contributed by atoms with E-state index in [-0.39, 0.29) is 17.2 Å². The number of carbonyl (C=O) groups excluding carboxylic acids is 1. The van der Waals surface area contributed by atoms with Crippen molar-refractivity contribution < 1.29 is 9.72 Å². The molecule has 1 N–H and O–H groups in total. The van der Waals surface area contributed by atoms with Gasteiger partial charge in [0.1, 0.15) is 0 Å². The lowest BCUT2D eigenvalue weighted by Crippen LogP contribution is -2.25. The van der Waals surface area contributed by atoms with Gasteiger partial charge in [-0.2, -0.15) is 0 Å². The van der Waals surface area contributed by atoms with Gasteiger partial charge in [-0.1, -0.05) is 0 Å². The van der Waals surface area contributed by atoms with Crippen LogP contribution in [0.1, 0.15) is 16.8 Å². The van der Waals surface area contributed by atoms with Gasteiger partial charge in [-0.05, 0) is 28.7 Å². The first-order valence-corrected chi connectivity index (χ1v) is 5.79. The van der Waals surface area contributed by atoms with E-state index in [2.05, 4.69) is 11.2 Å². The number of non-ortho nitro benzene ring substituents is 1. The number of hydrogen-bond donors (Lipinski definition) is 1. The summed E-state index contributed by atoms with van der Waals surface area (Å²) >= 11 is 1.95. The third-order valence-electron chi connectivity index (χ3n) is 1.96. The van der Waals surface area contributed by atoms with Crippen molar-refractivity contribution in [3.8, 4) is 12.3 Å². The number of nitro benzene ring substituents is 1. The summed E-state index contributed by atoms with van der Waals surface area (Å²) < 4.78 is 0.659. The summed E-state index contributed by atoms with van der Waals surface area (Å²) in [6.07, 6.45) is 5.48. The van der Waals surface area contributed by atoms with Gasteiger partial charge < -0.3 is 5.32 Å². The molecule has 0 heterocycles. The lowest BCUT2D eigenvalue weighted by atomic mass is 10.2. The number of carbonyl (C=O) groups is 1. The molecule has 0 bridgehead atoms. The largest absolute Gasteiger partial charge is 0.351 e. The Hall–Kier alpha value is -1.62. The van der Waals surface area contributed by atoms with Gasteiger partial charge in [0.15, 0.2) is 0 Å². The van der Waals surface area contributed by atoms with Crippen molar-refractivity contribution in [2.45, 2.75) is 6.42 Å². The quantitative estimate of drug-likeness (QED) is 0.298. The number of benzene rings is 1. The summed E-state index contributed by atoms with van der Waals surface area (Å²) in [6, 6.07) is 4.15. The van der Waals surface area contributed by atoms with E-state index in [4.69, 9.17) is 6.42 Å². The van der Waals surface area contributed by atoms with Crippen LogP contribution in [0.5, 0.6) is 0 Å². The Morgan fingerprint density at radius 2 is 2.29 bits per heavy atom. The Labute approximate surface area is 112 Å². The first-order valence-electron chi connectivity index (χ1n) is 4.72. The van der Waals surface area contributed by atoms with Crippen LogP contribution in [0.4, 0.5) is 5.69 Å². The fraction of sp³-hybridized carbons (Fsp3) is 0.182. The van der Waals surface area contributed by atoms with Gasteiger partial charge in [-0.25, -0.2) is 0 Å². The molecule has 1 rings (SSSR count). The van der Waals surface area contributed by atoms with E-state index in [1.165, 1.54) is 18.2 Å². The van der Waals surface area contributed by atoms with Crippen LogP contribution in [-0.2, 0) is 0 Å². The predicted octanol–water partition coefficient (Wildman–Crippen LogP) is 1.95. The molecule has 0 fully saturated rings. The first-order chi connectivity index (χ1) is 8.06. The van der Waals surface area contributed by atoms with Crippen LogP contribution in [0.15, 0.2) is 18.2 Å². The molecule has 0 unspecified atom stereocenters. The minimum Gasteiger partial charge on any atom is -0.351 e. The van der Waals surface area contributed by atoms with Crippen molar-refractivity contribution in [2.75, 3.05) is 6.54 Å². The van der Waals surface area contributed by atoms with E-state index in [0.717, 1.165) is 0 Å². The topological polar surface area (TPSA) is 72.2 Å². The van der Waals surface area contributed by atoms with Gasteiger partial charge in [0.05, 0.1) is 10.5 Å². The SMILES string of the molecule is C#CCCNC(=O)c1cc([N+](=O)[O-])ccc1I. The third kappa shape index (κ3) is 3.71. The molecule has 0 aliphatic carbocycles. The van der Waals surface area contributed by atoms with Crippen molar-refractivity contribution >= 4 is 34.2 Å². The molecule has 0 saturated heterocycles. The monoisotopic (exact) mass is 344 g/mol. The number of hydrogen-bond acceptors (Lipinski definition) is 3. The second-order valence-corrected chi connectivity index (χ2v) is 4.29. The average Bonchev–Trinajstić information content (AvgIpc) is 2.29. The number of nitrogens with zero attached hydrogens (tertiary/aromatic N) is 1. The fourth-order valence-electron chi connectivity index (χ4n) is 1.14. The molecule has 0 spiro atoms. The highest BCUT2D eigenvalue weighted by Crippen LogP contribution is 2.19. The number of nitro groups is 1. The maximum absolute atomic E-state index is 11.7. The van der Waals surface area contributed by atoms with Crippen LogP contribution in [0.3, 0.4) is 0 Å². The van der Waals surface area contributed by atoms with Gasteiger partial charge in [-0.15, -0.1) is 12.3 Å². The molecule has 6 heteroatoms. The summed E-state index contributed by atoms with van der Waals surface area (Å²) in [5, 5.41) is 13.2. The Balaban J connectivity index is 2.89. The molecule has 0 aliphatic heterocycles. The molecule has 17 heavy (non-hydrogen) atoms. The normalized spacial score (nSPS) is 9.41. The van der Waals surface area contributed by atoms with E-state index >= 15 is 0 Å². The van der Waals surface area contributed by atoms with Gasteiger partial charge in [0.25, 0.3) is 11.6 Å². The highest BCUT2D eigenvalue weighted by molar-refractivity contribution is 14.1. The summed E-state index contributed by atoms with van der Waals surface area (Å²) in [5.41, 5.74) is 0.185. The molecule has 0 atom stereocenters. The van der Waals surface area contributed by atoms with Gasteiger partial charge in [0, 0.05) is 28.7 Å². The molecule has 0 radical (unpaired) electrons. The number of rotatable bonds is 4. The lowest BCUT2D eigenvalue weighted by molar-refractivity contribution is -0.384. The standard InChI is InChI=1S/C11H9IN2O3/c1-2-3-6-13-11(15)9-7-8(14(16)17)4-5-10(9)12/h1,4-5,7H,3,6H2,(H,13,15). The van der Waals surface area contributed by atoms with E-state index in [1.54, 1.807) is 0 Å². The van der Waals surface area contributed by atoms with E-state index in [1.807, 2.05) is 22.6 Å². The molecule has 0 aromatic heterocycles. The Morgan fingerprint density at radius 1 is 1.59 bits per heavy atom. The van der Waals surface area contributed by atoms with Crippen molar-refractivity contribution in [2.24, 2.45) is 0 Å². The van der Waals surface area contributed by atoms with E-state index in [9.17, 15) is 14.9 Å². The van der Waals surface area contributed by atoms with Crippen LogP contribution in [0, 0.1) is 26.0 Å². The van der Waals surface area contributed by atoms with Crippen LogP contribution in [0.25, 0.3) is 0 Å². The highest BCUT2D eigenvalue weighted by Gasteiger charge is 2.14. The minimum atomic E-state index is -0.533. The zero-order chi connectivity index (χ0) is 12.8. The van der Waals surface area contributed by atoms with Crippen LogP contribution >= 0.6 is 22.6 Å². The van der Waals surface area contributed by atoms with Gasteiger partial charge >= 0.3 is 0 Å². The summed E-state index contributed by atoms with van der Waals surface area (Å²) in [7, 11) is 0. The van der Waals surface area contributed by atoms with E-state index in [0.29, 0.717) is 16.5 Å². The maximum Gasteiger partial charge on any atom is 0.270 e. The molecule has 5 nitrogen and oxygen atoms in total. The van der Waals surface area contributed by atoms with Crippen LogP contribution in [0.2, 0.25) is 0 Å². The molecule has 0 saturated carbocycles. The molecular formula is C11H9IN2O3. The zero-order valence-corrected chi connectivity index (χ0v) is 10.9. The van der Waals surface area contributed by atoms with Gasteiger partial charge in [-0.3, -0.25) is 14.9 Å². The summed E-state index contributed by atoms with van der Waals surface area (Å²) in [4.78, 5) is 21.8. The average molecular weight is 344 g/mol. The smallest absolute Gasteiger partial charge is 0.270 e. The fourth-order valence-corrected chi connectivity index (χ4v) is 1.72. The summed E-state index contributed by atoms with van der Waals surface area (Å²) in [6.45, 7) is 0.355. The lowest BCUT2D eigenvalue weighted by Gasteiger charge is -2.05. The Kier molecular flexibility index (Phi) is 4.90. The number of amides is 1. The van der Waals surface area contributed by atoms with Crippen molar-refractivity contribution in [1.29, 1.82) is 0 Å². The Morgan fingerprint density at radius 3 is 2.88 bits per heavy atom. The van der Waals surface area contributed by atoms with Crippen molar-refractivity contribution in [3.63, 3.8) is 0 Å². The van der Waals surface area contributed by atoms with Crippen molar-refractivity contribution in [1.82, 2.24) is 5.32 Å². The molecule has 0 aliphatic rings.